The summed E-state index contributed by atoms with van der Waals surface area (Å²) in [4.78, 5) is 8.51. The summed E-state index contributed by atoms with van der Waals surface area (Å²) < 4.78 is 1.90. The first-order chi connectivity index (χ1) is 12.6. The van der Waals surface area contributed by atoms with E-state index in [4.69, 9.17) is 22.4 Å². The predicted octanol–water partition coefficient (Wildman–Crippen LogP) is 2.82. The second kappa shape index (κ2) is 7.09. The van der Waals surface area contributed by atoms with Gasteiger partial charge < -0.3 is 16.2 Å². The van der Waals surface area contributed by atoms with Crippen molar-refractivity contribution in [3.05, 3.63) is 29.5 Å². The van der Waals surface area contributed by atoms with Gasteiger partial charge in [0.25, 0.3) is 0 Å². The number of aromatic nitrogens is 4. The quantitative estimate of drug-likeness (QED) is 0.650. The fraction of sp³-hybridized carbons (Fsp3) is 0.389. The Labute approximate surface area is 156 Å². The zero-order valence-corrected chi connectivity index (χ0v) is 15.1. The van der Waals surface area contributed by atoms with Gasteiger partial charge in [0.2, 0.25) is 0 Å². The van der Waals surface area contributed by atoms with Crippen molar-refractivity contribution in [1.29, 1.82) is 0 Å². The molecular weight excluding hydrogens is 352 g/mol. The molecule has 4 rings (SSSR count). The van der Waals surface area contributed by atoms with Crippen LogP contribution >= 0.6 is 11.6 Å². The number of nitrogens with two attached hydrogens (primary N) is 1. The molecule has 1 aromatic carbocycles. The van der Waals surface area contributed by atoms with E-state index in [1.165, 1.54) is 19.2 Å². The molecule has 4 N–H and O–H groups in total. The normalized spacial score (nSPS) is 15.6. The van der Waals surface area contributed by atoms with Gasteiger partial charge in [0.05, 0.1) is 10.4 Å². The van der Waals surface area contributed by atoms with E-state index in [1.807, 2.05) is 10.7 Å². The second-order valence-electron chi connectivity index (χ2n) is 6.68. The number of hydrogen-bond donors (Lipinski definition) is 3. The van der Waals surface area contributed by atoms with Gasteiger partial charge in [-0.3, -0.25) is 0 Å². The average molecular weight is 373 g/mol. The lowest BCUT2D eigenvalue weighted by Gasteiger charge is -2.22. The molecule has 0 bridgehead atoms. The molecule has 1 fully saturated rings. The number of phenolic OH excluding ortho intramolecular Hbond substituents is 1. The monoisotopic (exact) mass is 372 g/mol. The van der Waals surface area contributed by atoms with Crippen molar-refractivity contribution in [1.82, 2.24) is 25.1 Å². The number of nitrogen functional groups attached to an aromatic ring is 1. The zero-order chi connectivity index (χ0) is 18.1. The molecule has 7 nitrogen and oxygen atoms in total. The van der Waals surface area contributed by atoms with E-state index in [9.17, 15) is 5.11 Å². The van der Waals surface area contributed by atoms with Crippen molar-refractivity contribution in [2.24, 2.45) is 5.92 Å². The van der Waals surface area contributed by atoms with Crippen LogP contribution in [0, 0.1) is 5.92 Å². The molecule has 8 heteroatoms. The standard InChI is InChI=1S/C18H21ClN6O/c19-13-2-1-12(9-14(13)26)16-15-17(20)22-10-23-18(15)25(24-16)8-5-11-3-6-21-7-4-11/h1-2,9-11,21,26H,3-8H2,(H2,20,22,23). The summed E-state index contributed by atoms with van der Waals surface area (Å²) in [7, 11) is 0. The van der Waals surface area contributed by atoms with Crippen LogP contribution in [-0.2, 0) is 6.54 Å². The Morgan fingerprint density at radius 1 is 1.27 bits per heavy atom. The largest absolute Gasteiger partial charge is 0.506 e. The summed E-state index contributed by atoms with van der Waals surface area (Å²) in [5.41, 5.74) is 8.23. The molecule has 0 unspecified atom stereocenters. The highest BCUT2D eigenvalue weighted by atomic mass is 35.5. The summed E-state index contributed by atoms with van der Waals surface area (Å²) in [6, 6.07) is 5.05. The predicted molar refractivity (Wildman–Crippen MR) is 102 cm³/mol. The SMILES string of the molecule is Nc1ncnc2c1c(-c1ccc(Cl)c(O)c1)nn2CCC1CCNCC1. The first-order valence-corrected chi connectivity index (χ1v) is 9.18. The van der Waals surface area contributed by atoms with Gasteiger partial charge in [-0.15, -0.1) is 0 Å². The second-order valence-corrected chi connectivity index (χ2v) is 7.08. The third kappa shape index (κ3) is 3.20. The molecule has 136 valence electrons. The molecule has 1 aliphatic rings. The third-order valence-electron chi connectivity index (χ3n) is 4.99. The van der Waals surface area contributed by atoms with Crippen molar-refractivity contribution in [2.75, 3.05) is 18.8 Å². The number of rotatable bonds is 4. The number of benzene rings is 1. The number of fused-ring (bicyclic) bond motifs is 1. The van der Waals surface area contributed by atoms with Gasteiger partial charge in [-0.25, -0.2) is 14.6 Å². The summed E-state index contributed by atoms with van der Waals surface area (Å²) in [6.45, 7) is 2.93. The van der Waals surface area contributed by atoms with Gasteiger partial charge >= 0.3 is 0 Å². The molecule has 1 saturated heterocycles. The van der Waals surface area contributed by atoms with Gasteiger partial charge in [-0.2, -0.15) is 5.10 Å². The Morgan fingerprint density at radius 2 is 2.08 bits per heavy atom. The maximum absolute atomic E-state index is 9.95. The van der Waals surface area contributed by atoms with E-state index >= 15 is 0 Å². The Balaban J connectivity index is 1.72. The zero-order valence-electron chi connectivity index (χ0n) is 14.3. The number of anilines is 1. The van der Waals surface area contributed by atoms with Crippen molar-refractivity contribution >= 4 is 28.5 Å². The van der Waals surface area contributed by atoms with Gasteiger partial charge in [-0.1, -0.05) is 17.7 Å². The lowest BCUT2D eigenvalue weighted by atomic mass is 9.95. The summed E-state index contributed by atoms with van der Waals surface area (Å²) in [6.07, 6.45) is 4.89. The summed E-state index contributed by atoms with van der Waals surface area (Å²) in [5.74, 6) is 1.09. The van der Waals surface area contributed by atoms with Crippen LogP contribution in [-0.4, -0.2) is 37.9 Å². The number of aromatic hydroxyl groups is 1. The molecular formula is C18H21ClN6O. The number of aryl methyl sites for hydroxylation is 1. The first-order valence-electron chi connectivity index (χ1n) is 8.80. The fourth-order valence-corrected chi connectivity index (χ4v) is 3.64. The molecule has 0 atom stereocenters. The molecule has 0 spiro atoms. The van der Waals surface area contributed by atoms with Crippen molar-refractivity contribution < 1.29 is 5.11 Å². The Bertz CT molecular complexity index is 935. The van der Waals surface area contributed by atoms with Crippen molar-refractivity contribution in [3.63, 3.8) is 0 Å². The fourth-order valence-electron chi connectivity index (χ4n) is 3.52. The number of phenols is 1. The van der Waals surface area contributed by atoms with Gasteiger partial charge in [0.15, 0.2) is 5.65 Å². The summed E-state index contributed by atoms with van der Waals surface area (Å²) in [5, 5.41) is 19.1. The number of nitrogens with zero attached hydrogens (tertiary/aromatic N) is 4. The maximum atomic E-state index is 9.95. The van der Waals surface area contributed by atoms with E-state index in [1.54, 1.807) is 12.1 Å². The minimum atomic E-state index is 0.0111. The van der Waals surface area contributed by atoms with Gasteiger partial charge in [0.1, 0.15) is 23.6 Å². The Hall–Kier alpha value is -2.38. The van der Waals surface area contributed by atoms with Crippen LogP contribution in [0.2, 0.25) is 5.02 Å². The topological polar surface area (TPSA) is 102 Å². The molecule has 26 heavy (non-hydrogen) atoms. The lowest BCUT2D eigenvalue weighted by molar-refractivity contribution is 0.334. The molecule has 2 aromatic heterocycles. The van der Waals surface area contributed by atoms with E-state index in [0.29, 0.717) is 27.8 Å². The van der Waals surface area contributed by atoms with E-state index in [2.05, 4.69) is 15.3 Å². The van der Waals surface area contributed by atoms with Crippen LogP contribution in [0.4, 0.5) is 5.82 Å². The first kappa shape index (κ1) is 17.1. The molecule has 1 aliphatic heterocycles. The van der Waals surface area contributed by atoms with Crippen LogP contribution in [0.15, 0.2) is 24.5 Å². The molecule has 0 radical (unpaired) electrons. The van der Waals surface area contributed by atoms with Crippen LogP contribution in [0.1, 0.15) is 19.3 Å². The number of halogens is 1. The Morgan fingerprint density at radius 3 is 2.85 bits per heavy atom. The van der Waals surface area contributed by atoms with Crippen molar-refractivity contribution in [3.8, 4) is 17.0 Å². The summed E-state index contributed by atoms with van der Waals surface area (Å²) >= 11 is 5.93. The van der Waals surface area contributed by atoms with Crippen molar-refractivity contribution in [2.45, 2.75) is 25.8 Å². The van der Waals surface area contributed by atoms with Gasteiger partial charge in [-0.05, 0) is 50.4 Å². The van der Waals surface area contributed by atoms with Gasteiger partial charge in [0, 0.05) is 12.1 Å². The molecule has 3 aromatic rings. The highest BCUT2D eigenvalue weighted by Crippen LogP contribution is 2.34. The van der Waals surface area contributed by atoms with Crippen LogP contribution in [0.3, 0.4) is 0 Å². The van der Waals surface area contributed by atoms with Crippen LogP contribution in [0.25, 0.3) is 22.3 Å². The maximum Gasteiger partial charge on any atom is 0.163 e. The van der Waals surface area contributed by atoms with E-state index in [0.717, 1.165) is 37.3 Å². The minimum absolute atomic E-state index is 0.0111. The minimum Gasteiger partial charge on any atom is -0.506 e. The molecule has 3 heterocycles. The highest BCUT2D eigenvalue weighted by Gasteiger charge is 2.19. The number of nitrogens with one attached hydrogen (secondary N) is 1. The molecule has 0 saturated carbocycles. The number of hydrogen-bond acceptors (Lipinski definition) is 6. The van der Waals surface area contributed by atoms with Crippen LogP contribution in [0.5, 0.6) is 5.75 Å². The van der Waals surface area contributed by atoms with E-state index < -0.39 is 0 Å². The third-order valence-corrected chi connectivity index (χ3v) is 5.31. The molecule has 0 amide bonds. The number of piperidine rings is 1. The smallest absolute Gasteiger partial charge is 0.163 e. The van der Waals surface area contributed by atoms with Crippen LogP contribution < -0.4 is 11.1 Å². The van der Waals surface area contributed by atoms with E-state index in [-0.39, 0.29) is 5.75 Å². The highest BCUT2D eigenvalue weighted by molar-refractivity contribution is 6.32. The molecule has 0 aliphatic carbocycles. The lowest BCUT2D eigenvalue weighted by Crippen LogP contribution is -2.28. The average Bonchev–Trinajstić information content (AvgIpc) is 3.03. The Kier molecular flexibility index (Phi) is 4.65.